The van der Waals surface area contributed by atoms with Crippen LogP contribution in [0.3, 0.4) is 0 Å². The van der Waals surface area contributed by atoms with Gasteiger partial charge in [-0.05, 0) is 33.0 Å². The highest BCUT2D eigenvalue weighted by molar-refractivity contribution is 7.80. The van der Waals surface area contributed by atoms with Crippen molar-refractivity contribution in [2.45, 2.75) is 26.8 Å². The van der Waals surface area contributed by atoms with Gasteiger partial charge in [0.15, 0.2) is 0 Å². The summed E-state index contributed by atoms with van der Waals surface area (Å²) >= 11 is 5.06. The van der Waals surface area contributed by atoms with Gasteiger partial charge in [0.25, 0.3) is 0 Å². The van der Waals surface area contributed by atoms with Crippen molar-refractivity contribution in [1.29, 1.82) is 0 Å². The molecule has 1 aliphatic heterocycles. The molecule has 0 aromatic heterocycles. The molecule has 1 heterocycles. The quantitative estimate of drug-likeness (QED) is 0.649. The van der Waals surface area contributed by atoms with Crippen LogP contribution in [0.2, 0.25) is 0 Å². The van der Waals surface area contributed by atoms with Gasteiger partial charge in [0.05, 0.1) is 11.4 Å². The Bertz CT molecular complexity index is 269. The summed E-state index contributed by atoms with van der Waals surface area (Å²) in [7, 11) is 0. The van der Waals surface area contributed by atoms with E-state index in [1.807, 2.05) is 20.8 Å². The summed E-state index contributed by atoms with van der Waals surface area (Å²) in [5.41, 5.74) is 7.52. The molecule has 0 fully saturated rings. The molecule has 0 atom stereocenters. The van der Waals surface area contributed by atoms with E-state index < -0.39 is 0 Å². The van der Waals surface area contributed by atoms with Gasteiger partial charge in [-0.2, -0.15) is 5.10 Å². The maximum Gasteiger partial charge on any atom is 0.209 e. The van der Waals surface area contributed by atoms with E-state index in [4.69, 9.17) is 12.2 Å². The Morgan fingerprint density at radius 2 is 2.23 bits per heavy atom. The third-order valence-corrected chi connectivity index (χ3v) is 1.87. The zero-order valence-electron chi connectivity index (χ0n) is 8.09. The fourth-order valence-corrected chi connectivity index (χ4v) is 1.13. The number of thiocarbonyl (C=S) groups is 1. The van der Waals surface area contributed by atoms with E-state index in [-0.39, 0.29) is 0 Å². The largest absolute Gasteiger partial charge is 0.252 e. The smallest absolute Gasteiger partial charge is 0.209 e. The minimum absolute atomic E-state index is 0.308. The first-order valence-corrected chi connectivity index (χ1v) is 4.53. The Hall–Kier alpha value is -0.940. The molecule has 0 saturated carbocycles. The Morgan fingerprint density at radius 1 is 1.62 bits per heavy atom. The van der Waals surface area contributed by atoms with Gasteiger partial charge in [-0.1, -0.05) is 6.58 Å². The molecule has 5 heteroatoms. The third-order valence-electron chi connectivity index (χ3n) is 1.60. The lowest BCUT2D eigenvalue weighted by Crippen LogP contribution is -2.52. The fourth-order valence-electron chi connectivity index (χ4n) is 0.925. The van der Waals surface area contributed by atoms with Gasteiger partial charge >= 0.3 is 0 Å². The third kappa shape index (κ3) is 2.26. The van der Waals surface area contributed by atoms with Crippen LogP contribution in [0.1, 0.15) is 20.8 Å². The van der Waals surface area contributed by atoms with Gasteiger partial charge in [-0.3, -0.25) is 5.43 Å². The van der Waals surface area contributed by atoms with Crippen LogP contribution >= 0.6 is 12.2 Å². The highest BCUT2D eigenvalue weighted by Crippen LogP contribution is 2.07. The standard InChI is InChI=1S/C8H14N4S/c1-5(2)11-12-7(4)6(3)9-10-8(12)13/h5,11H,4H2,1-3H3,(H,10,13). The van der Waals surface area contributed by atoms with Crippen LogP contribution in [0.5, 0.6) is 0 Å². The van der Waals surface area contributed by atoms with Crippen molar-refractivity contribution in [2.24, 2.45) is 5.10 Å². The van der Waals surface area contributed by atoms with Crippen LogP contribution in [-0.4, -0.2) is 21.9 Å². The Kier molecular flexibility index (Phi) is 3.00. The van der Waals surface area contributed by atoms with Crippen molar-refractivity contribution >= 4 is 23.0 Å². The second-order valence-electron chi connectivity index (χ2n) is 3.18. The molecule has 0 bridgehead atoms. The number of hydrazine groups is 1. The van der Waals surface area contributed by atoms with Crippen molar-refractivity contribution in [3.8, 4) is 0 Å². The van der Waals surface area contributed by atoms with E-state index in [1.165, 1.54) is 0 Å². The summed E-state index contributed by atoms with van der Waals surface area (Å²) in [5, 5.41) is 6.26. The number of allylic oxidation sites excluding steroid dienone is 1. The van der Waals surface area contributed by atoms with Gasteiger partial charge in [0.1, 0.15) is 0 Å². The second-order valence-corrected chi connectivity index (χ2v) is 3.57. The van der Waals surface area contributed by atoms with E-state index in [0.717, 1.165) is 11.4 Å². The van der Waals surface area contributed by atoms with Crippen LogP contribution in [0.15, 0.2) is 17.4 Å². The molecule has 0 saturated heterocycles. The zero-order chi connectivity index (χ0) is 10.0. The molecule has 13 heavy (non-hydrogen) atoms. The maximum absolute atomic E-state index is 5.06. The average molecular weight is 198 g/mol. The van der Waals surface area contributed by atoms with E-state index in [1.54, 1.807) is 5.01 Å². The van der Waals surface area contributed by atoms with E-state index in [2.05, 4.69) is 22.5 Å². The molecule has 0 unspecified atom stereocenters. The number of hydrogen-bond acceptors (Lipinski definition) is 3. The minimum atomic E-state index is 0.308. The number of hydrogen-bond donors (Lipinski definition) is 2. The second kappa shape index (κ2) is 3.85. The number of hydrazone groups is 1. The summed E-state index contributed by atoms with van der Waals surface area (Å²) in [6.07, 6.45) is 0. The molecule has 1 rings (SSSR count). The molecule has 0 aliphatic carbocycles. The SMILES string of the molecule is C=C1C(C)=NNC(=S)N1NC(C)C. The number of nitrogens with zero attached hydrogens (tertiary/aromatic N) is 2. The topological polar surface area (TPSA) is 39.7 Å². The van der Waals surface area contributed by atoms with Gasteiger partial charge in [0, 0.05) is 6.04 Å². The lowest BCUT2D eigenvalue weighted by atomic mass is 10.3. The summed E-state index contributed by atoms with van der Waals surface area (Å²) in [4.78, 5) is 0. The summed E-state index contributed by atoms with van der Waals surface area (Å²) in [5.74, 6) is 0. The normalized spacial score (nSPS) is 17.5. The average Bonchev–Trinajstić information content (AvgIpc) is 2.05. The van der Waals surface area contributed by atoms with Crippen LogP contribution in [0.4, 0.5) is 0 Å². The predicted octanol–water partition coefficient (Wildman–Crippen LogP) is 0.979. The van der Waals surface area contributed by atoms with E-state index in [9.17, 15) is 0 Å². The maximum atomic E-state index is 5.06. The lowest BCUT2D eigenvalue weighted by Gasteiger charge is -2.31. The summed E-state index contributed by atoms with van der Waals surface area (Å²) < 4.78 is 0. The molecule has 72 valence electrons. The molecule has 0 aromatic rings. The molecule has 0 aromatic carbocycles. The van der Waals surface area contributed by atoms with Crippen LogP contribution in [0.25, 0.3) is 0 Å². The molecule has 4 nitrogen and oxygen atoms in total. The molecular formula is C8H14N4S. The fraction of sp³-hybridized carbons (Fsp3) is 0.500. The highest BCUT2D eigenvalue weighted by atomic mass is 32.1. The molecule has 2 N–H and O–H groups in total. The van der Waals surface area contributed by atoms with E-state index >= 15 is 0 Å². The summed E-state index contributed by atoms with van der Waals surface area (Å²) in [6, 6.07) is 0.308. The van der Waals surface area contributed by atoms with E-state index in [0.29, 0.717) is 11.2 Å². The van der Waals surface area contributed by atoms with Gasteiger partial charge < -0.3 is 0 Å². The minimum Gasteiger partial charge on any atom is -0.252 e. The Balaban J connectivity index is 2.78. The number of nitrogens with one attached hydrogen (secondary N) is 2. The van der Waals surface area contributed by atoms with Gasteiger partial charge in [-0.15, -0.1) is 0 Å². The van der Waals surface area contributed by atoms with Gasteiger partial charge in [-0.25, -0.2) is 10.4 Å². The Morgan fingerprint density at radius 3 is 2.77 bits per heavy atom. The van der Waals surface area contributed by atoms with Crippen molar-refractivity contribution < 1.29 is 0 Å². The first kappa shape index (κ1) is 10.1. The van der Waals surface area contributed by atoms with Gasteiger partial charge in [0.2, 0.25) is 5.11 Å². The van der Waals surface area contributed by atoms with Crippen molar-refractivity contribution in [1.82, 2.24) is 15.9 Å². The van der Waals surface area contributed by atoms with Crippen molar-refractivity contribution in [3.63, 3.8) is 0 Å². The summed E-state index contributed by atoms with van der Waals surface area (Å²) in [6.45, 7) is 9.84. The number of rotatable bonds is 2. The van der Waals surface area contributed by atoms with Crippen LogP contribution in [-0.2, 0) is 0 Å². The first-order valence-electron chi connectivity index (χ1n) is 4.12. The predicted molar refractivity (Wildman–Crippen MR) is 58.1 cm³/mol. The molecule has 0 amide bonds. The monoisotopic (exact) mass is 198 g/mol. The van der Waals surface area contributed by atoms with Crippen LogP contribution in [0, 0.1) is 0 Å². The van der Waals surface area contributed by atoms with Crippen molar-refractivity contribution in [2.75, 3.05) is 0 Å². The lowest BCUT2D eigenvalue weighted by molar-refractivity contribution is 0.339. The molecule has 0 radical (unpaired) electrons. The van der Waals surface area contributed by atoms with Crippen molar-refractivity contribution in [3.05, 3.63) is 12.3 Å². The van der Waals surface area contributed by atoms with Crippen LogP contribution < -0.4 is 10.9 Å². The molecule has 1 aliphatic rings. The first-order chi connectivity index (χ1) is 6.02. The Labute approximate surface area is 83.7 Å². The zero-order valence-corrected chi connectivity index (χ0v) is 8.90. The highest BCUT2D eigenvalue weighted by Gasteiger charge is 2.19. The molecular weight excluding hydrogens is 184 g/mol. The molecule has 0 spiro atoms.